The van der Waals surface area contributed by atoms with Crippen molar-refractivity contribution in [2.45, 2.75) is 52.1 Å². The molecule has 18 heavy (non-hydrogen) atoms. The fourth-order valence-corrected chi connectivity index (χ4v) is 2.63. The van der Waals surface area contributed by atoms with Gasteiger partial charge in [-0.2, -0.15) is 0 Å². The topological polar surface area (TPSA) is 61.4 Å². The first kappa shape index (κ1) is 15.4. The van der Waals surface area contributed by atoms with E-state index in [2.05, 4.69) is 24.5 Å². The lowest BCUT2D eigenvalue weighted by Gasteiger charge is -2.25. The molecule has 0 spiro atoms. The molecule has 4 heteroatoms. The van der Waals surface area contributed by atoms with E-state index in [1.54, 1.807) is 6.92 Å². The lowest BCUT2D eigenvalue weighted by molar-refractivity contribution is -0.122. The Kier molecular flexibility index (Phi) is 6.09. The van der Waals surface area contributed by atoms with Crippen LogP contribution in [0.25, 0.3) is 0 Å². The molecule has 1 rings (SSSR count). The van der Waals surface area contributed by atoms with Crippen LogP contribution >= 0.6 is 0 Å². The molecule has 0 aromatic rings. The zero-order valence-corrected chi connectivity index (χ0v) is 12.0. The van der Waals surface area contributed by atoms with Crippen molar-refractivity contribution in [1.29, 1.82) is 0 Å². The molecule has 3 N–H and O–H groups in total. The van der Waals surface area contributed by atoms with Crippen LogP contribution in [-0.4, -0.2) is 36.2 Å². The molecule has 0 radical (unpaired) electrons. The summed E-state index contributed by atoms with van der Waals surface area (Å²) < 4.78 is 0. The fraction of sp³-hybridized carbons (Fsp3) is 0.929. The van der Waals surface area contributed by atoms with Crippen molar-refractivity contribution in [1.82, 2.24) is 10.6 Å². The molecule has 1 aliphatic rings. The Morgan fingerprint density at radius 3 is 2.83 bits per heavy atom. The fourth-order valence-electron chi connectivity index (χ4n) is 2.63. The molecule has 1 heterocycles. The van der Waals surface area contributed by atoms with Crippen LogP contribution in [0.5, 0.6) is 0 Å². The first-order valence-electron chi connectivity index (χ1n) is 7.09. The molecule has 1 fully saturated rings. The molecule has 1 saturated heterocycles. The van der Waals surface area contributed by atoms with Gasteiger partial charge in [0.1, 0.15) is 0 Å². The first-order chi connectivity index (χ1) is 8.39. The van der Waals surface area contributed by atoms with Crippen molar-refractivity contribution in [3.05, 3.63) is 0 Å². The molecule has 0 aliphatic carbocycles. The van der Waals surface area contributed by atoms with Gasteiger partial charge in [-0.25, -0.2) is 0 Å². The summed E-state index contributed by atoms with van der Waals surface area (Å²) in [5.41, 5.74) is -0.793. The van der Waals surface area contributed by atoms with Gasteiger partial charge in [-0.3, -0.25) is 4.79 Å². The molecular formula is C14H28N2O2. The third-order valence-electron chi connectivity index (χ3n) is 3.46. The molecular weight excluding hydrogens is 228 g/mol. The molecule has 0 aromatic heterocycles. The van der Waals surface area contributed by atoms with Crippen molar-refractivity contribution in [2.75, 3.05) is 19.6 Å². The summed E-state index contributed by atoms with van der Waals surface area (Å²) in [7, 11) is 0. The van der Waals surface area contributed by atoms with Crippen molar-refractivity contribution in [2.24, 2.45) is 11.8 Å². The van der Waals surface area contributed by atoms with Crippen molar-refractivity contribution in [3.63, 3.8) is 0 Å². The van der Waals surface area contributed by atoms with E-state index in [9.17, 15) is 9.90 Å². The third kappa shape index (κ3) is 6.36. The lowest BCUT2D eigenvalue weighted by atomic mass is 9.94. The molecule has 0 bridgehead atoms. The highest BCUT2D eigenvalue weighted by Crippen LogP contribution is 2.16. The maximum atomic E-state index is 11.7. The highest BCUT2D eigenvalue weighted by molar-refractivity contribution is 5.75. The van der Waals surface area contributed by atoms with E-state index in [1.807, 2.05) is 0 Å². The van der Waals surface area contributed by atoms with Gasteiger partial charge in [0.15, 0.2) is 0 Å². The average molecular weight is 256 g/mol. The second-order valence-electron chi connectivity index (χ2n) is 6.27. The summed E-state index contributed by atoms with van der Waals surface area (Å²) in [6.45, 7) is 8.40. The molecule has 1 aliphatic heterocycles. The Hall–Kier alpha value is -0.610. The zero-order chi connectivity index (χ0) is 13.6. The van der Waals surface area contributed by atoms with E-state index >= 15 is 0 Å². The molecule has 106 valence electrons. The molecule has 0 aromatic carbocycles. The standard InChI is InChI=1S/C14H28N2O2/c1-11(2)8-14(3,18)10-16-13(17)5-4-12-6-7-15-9-12/h11-12,15,18H,4-10H2,1-3H3,(H,16,17). The van der Waals surface area contributed by atoms with Gasteiger partial charge in [-0.1, -0.05) is 13.8 Å². The van der Waals surface area contributed by atoms with Crippen LogP contribution in [0.2, 0.25) is 0 Å². The van der Waals surface area contributed by atoms with Crippen LogP contribution in [-0.2, 0) is 4.79 Å². The summed E-state index contributed by atoms with van der Waals surface area (Å²) in [6.07, 6.45) is 3.41. The number of hydrogen-bond acceptors (Lipinski definition) is 3. The summed E-state index contributed by atoms with van der Waals surface area (Å²) in [5.74, 6) is 1.14. The minimum atomic E-state index is -0.793. The number of rotatable bonds is 7. The van der Waals surface area contributed by atoms with Gasteiger partial charge in [0, 0.05) is 13.0 Å². The van der Waals surface area contributed by atoms with Gasteiger partial charge < -0.3 is 15.7 Å². The van der Waals surface area contributed by atoms with Gasteiger partial charge >= 0.3 is 0 Å². The monoisotopic (exact) mass is 256 g/mol. The molecule has 1 amide bonds. The largest absolute Gasteiger partial charge is 0.388 e. The SMILES string of the molecule is CC(C)CC(C)(O)CNC(=O)CCC1CCNC1. The van der Waals surface area contributed by atoms with Gasteiger partial charge in [0.2, 0.25) is 5.91 Å². The van der Waals surface area contributed by atoms with E-state index in [1.165, 1.54) is 6.42 Å². The molecule has 2 atom stereocenters. The molecule has 2 unspecified atom stereocenters. The molecule has 0 saturated carbocycles. The van der Waals surface area contributed by atoms with Crippen LogP contribution in [0, 0.1) is 11.8 Å². The lowest BCUT2D eigenvalue weighted by Crippen LogP contribution is -2.41. The van der Waals surface area contributed by atoms with Gasteiger partial charge in [0.25, 0.3) is 0 Å². The number of aliphatic hydroxyl groups is 1. The summed E-state index contributed by atoms with van der Waals surface area (Å²) >= 11 is 0. The third-order valence-corrected chi connectivity index (χ3v) is 3.46. The number of nitrogens with one attached hydrogen (secondary N) is 2. The quantitative estimate of drug-likeness (QED) is 0.643. The zero-order valence-electron chi connectivity index (χ0n) is 12.0. The minimum Gasteiger partial charge on any atom is -0.388 e. The second kappa shape index (κ2) is 7.10. The number of hydrogen-bond donors (Lipinski definition) is 3. The van der Waals surface area contributed by atoms with E-state index in [-0.39, 0.29) is 5.91 Å². The Balaban J connectivity index is 2.15. The summed E-state index contributed by atoms with van der Waals surface area (Å²) in [4.78, 5) is 11.7. The Bertz CT molecular complexity index is 259. The van der Waals surface area contributed by atoms with Crippen molar-refractivity contribution in [3.8, 4) is 0 Å². The molecule has 4 nitrogen and oxygen atoms in total. The minimum absolute atomic E-state index is 0.0610. The van der Waals surface area contributed by atoms with Crippen LogP contribution in [0.15, 0.2) is 0 Å². The Morgan fingerprint density at radius 2 is 2.28 bits per heavy atom. The van der Waals surface area contributed by atoms with Gasteiger partial charge in [0.05, 0.1) is 5.60 Å². The Morgan fingerprint density at radius 1 is 1.56 bits per heavy atom. The predicted molar refractivity (Wildman–Crippen MR) is 73.3 cm³/mol. The van der Waals surface area contributed by atoms with Crippen molar-refractivity contribution >= 4 is 5.91 Å². The van der Waals surface area contributed by atoms with Gasteiger partial charge in [-0.05, 0) is 51.1 Å². The van der Waals surface area contributed by atoms with Crippen LogP contribution in [0.1, 0.15) is 46.5 Å². The van der Waals surface area contributed by atoms with Gasteiger partial charge in [-0.15, -0.1) is 0 Å². The number of carbonyl (C=O) groups is 1. The van der Waals surface area contributed by atoms with E-state index in [4.69, 9.17) is 0 Å². The highest BCUT2D eigenvalue weighted by Gasteiger charge is 2.23. The Labute approximate surface area is 111 Å². The first-order valence-corrected chi connectivity index (χ1v) is 7.09. The second-order valence-corrected chi connectivity index (χ2v) is 6.27. The average Bonchev–Trinajstić information content (AvgIpc) is 2.74. The van der Waals surface area contributed by atoms with Crippen LogP contribution in [0.4, 0.5) is 0 Å². The predicted octanol–water partition coefficient (Wildman–Crippen LogP) is 1.29. The highest BCUT2D eigenvalue weighted by atomic mass is 16.3. The van der Waals surface area contributed by atoms with E-state index < -0.39 is 5.60 Å². The van der Waals surface area contributed by atoms with Crippen LogP contribution < -0.4 is 10.6 Å². The summed E-state index contributed by atoms with van der Waals surface area (Å²) in [6, 6.07) is 0. The normalized spacial score (nSPS) is 23.1. The maximum absolute atomic E-state index is 11.7. The summed E-state index contributed by atoms with van der Waals surface area (Å²) in [5, 5.41) is 16.2. The smallest absolute Gasteiger partial charge is 0.220 e. The number of carbonyl (C=O) groups excluding carboxylic acids is 1. The van der Waals surface area contributed by atoms with Crippen molar-refractivity contribution < 1.29 is 9.90 Å². The van der Waals surface area contributed by atoms with Crippen LogP contribution in [0.3, 0.4) is 0 Å². The number of amides is 1. The maximum Gasteiger partial charge on any atom is 0.220 e. The van der Waals surface area contributed by atoms with E-state index in [0.29, 0.717) is 31.2 Å². The van der Waals surface area contributed by atoms with E-state index in [0.717, 1.165) is 19.5 Å².